The smallest absolute Gasteiger partial charge is 0.251 e. The van der Waals surface area contributed by atoms with Gasteiger partial charge in [0.1, 0.15) is 0 Å². The molecule has 160 valence electrons. The number of nitrogens with one attached hydrogen (secondary N) is 3. The molecule has 0 aromatic heterocycles. The van der Waals surface area contributed by atoms with Crippen LogP contribution in [0.1, 0.15) is 51.4 Å². The summed E-state index contributed by atoms with van der Waals surface area (Å²) in [5.41, 5.74) is 0.691. The van der Waals surface area contributed by atoms with Crippen LogP contribution in [-0.4, -0.2) is 61.6 Å². The molecule has 7 heteroatoms. The van der Waals surface area contributed by atoms with Crippen molar-refractivity contribution in [2.45, 2.75) is 53.1 Å². The molecule has 0 saturated carbocycles. The van der Waals surface area contributed by atoms with Gasteiger partial charge in [-0.15, -0.1) is 24.0 Å². The molecule has 0 unspecified atom stereocenters. The normalized spacial score (nSPS) is 11.5. The number of halogens is 1. The van der Waals surface area contributed by atoms with E-state index in [1.807, 2.05) is 30.3 Å². The van der Waals surface area contributed by atoms with Gasteiger partial charge in [0, 0.05) is 50.4 Å². The number of carbonyl (C=O) groups excluding carboxylic acids is 1. The third-order valence-electron chi connectivity index (χ3n) is 4.26. The van der Waals surface area contributed by atoms with Gasteiger partial charge < -0.3 is 16.0 Å². The molecule has 0 radical (unpaired) electrons. The minimum absolute atomic E-state index is 0. The van der Waals surface area contributed by atoms with Gasteiger partial charge in [-0.3, -0.25) is 14.7 Å². The second-order valence-electron chi connectivity index (χ2n) is 7.09. The predicted octanol–water partition coefficient (Wildman–Crippen LogP) is 3.10. The lowest BCUT2D eigenvalue weighted by molar-refractivity contribution is 0.0953. The average molecular weight is 503 g/mol. The lowest BCUT2D eigenvalue weighted by atomic mass is 10.2. The summed E-state index contributed by atoms with van der Waals surface area (Å²) in [6, 6.07) is 10.3. The summed E-state index contributed by atoms with van der Waals surface area (Å²) >= 11 is 0. The van der Waals surface area contributed by atoms with Crippen LogP contribution in [0.25, 0.3) is 0 Å². The van der Waals surface area contributed by atoms with E-state index >= 15 is 0 Å². The number of carbonyl (C=O) groups is 1. The number of amides is 1. The maximum atomic E-state index is 12.0. The number of aliphatic imine (C=N–C) groups is 1. The first kappa shape index (κ1) is 26.6. The van der Waals surface area contributed by atoms with Crippen LogP contribution in [0.5, 0.6) is 0 Å². The fraction of sp³-hybridized carbons (Fsp3) is 0.619. The third-order valence-corrected chi connectivity index (χ3v) is 4.26. The molecule has 0 aliphatic rings. The lowest BCUT2D eigenvalue weighted by Gasteiger charge is -2.30. The van der Waals surface area contributed by atoms with E-state index in [1.54, 1.807) is 0 Å². The van der Waals surface area contributed by atoms with E-state index in [-0.39, 0.29) is 29.9 Å². The predicted molar refractivity (Wildman–Crippen MR) is 130 cm³/mol. The SMILES string of the molecule is CCNC(=NCCCNC(=O)c1ccccc1)NCCN(C(C)C)C(C)C.I. The molecule has 0 fully saturated rings. The van der Waals surface area contributed by atoms with E-state index in [1.165, 1.54) is 0 Å². The molecule has 0 aliphatic carbocycles. The molecular weight excluding hydrogens is 465 g/mol. The Bertz CT molecular complexity index is 555. The van der Waals surface area contributed by atoms with Gasteiger partial charge >= 0.3 is 0 Å². The first-order chi connectivity index (χ1) is 13.0. The minimum atomic E-state index is -0.0351. The van der Waals surface area contributed by atoms with Crippen LogP contribution in [0.15, 0.2) is 35.3 Å². The molecule has 1 aromatic carbocycles. The van der Waals surface area contributed by atoms with E-state index in [0.717, 1.165) is 32.0 Å². The van der Waals surface area contributed by atoms with Crippen molar-refractivity contribution in [3.05, 3.63) is 35.9 Å². The van der Waals surface area contributed by atoms with Crippen LogP contribution in [0.3, 0.4) is 0 Å². The molecule has 3 N–H and O–H groups in total. The van der Waals surface area contributed by atoms with E-state index in [2.05, 4.69) is 60.5 Å². The van der Waals surface area contributed by atoms with Crippen molar-refractivity contribution in [3.63, 3.8) is 0 Å². The standard InChI is InChI=1S/C21H37N5O.HI/c1-6-22-21(25-15-16-26(17(2)3)18(4)5)24-14-10-13-23-20(27)19-11-8-7-9-12-19;/h7-9,11-12,17-18H,6,10,13-16H2,1-5H3,(H,23,27)(H2,22,24,25);1H. The van der Waals surface area contributed by atoms with Crippen molar-refractivity contribution >= 4 is 35.8 Å². The molecule has 0 atom stereocenters. The second kappa shape index (κ2) is 15.6. The highest BCUT2D eigenvalue weighted by Gasteiger charge is 2.12. The zero-order valence-electron chi connectivity index (χ0n) is 18.0. The van der Waals surface area contributed by atoms with E-state index in [0.29, 0.717) is 30.7 Å². The van der Waals surface area contributed by atoms with Crippen molar-refractivity contribution in [2.75, 3.05) is 32.7 Å². The zero-order valence-corrected chi connectivity index (χ0v) is 20.3. The van der Waals surface area contributed by atoms with Crippen LogP contribution in [0.2, 0.25) is 0 Å². The molecule has 1 rings (SSSR count). The summed E-state index contributed by atoms with van der Waals surface area (Å²) in [6.07, 6.45) is 0.805. The molecule has 1 aromatic rings. The van der Waals surface area contributed by atoms with Crippen LogP contribution < -0.4 is 16.0 Å². The molecule has 6 nitrogen and oxygen atoms in total. The maximum Gasteiger partial charge on any atom is 0.251 e. The fourth-order valence-corrected chi connectivity index (χ4v) is 2.92. The summed E-state index contributed by atoms with van der Waals surface area (Å²) < 4.78 is 0. The first-order valence-corrected chi connectivity index (χ1v) is 10.1. The van der Waals surface area contributed by atoms with Gasteiger partial charge in [-0.1, -0.05) is 18.2 Å². The van der Waals surface area contributed by atoms with Crippen molar-refractivity contribution < 1.29 is 4.79 Å². The summed E-state index contributed by atoms with van der Waals surface area (Å²) in [7, 11) is 0. The Balaban J connectivity index is 0.00000729. The minimum Gasteiger partial charge on any atom is -0.357 e. The van der Waals surface area contributed by atoms with Crippen LogP contribution in [-0.2, 0) is 0 Å². The monoisotopic (exact) mass is 503 g/mol. The Morgan fingerprint density at radius 3 is 2.21 bits per heavy atom. The Morgan fingerprint density at radius 1 is 1.00 bits per heavy atom. The number of hydrogen-bond donors (Lipinski definition) is 3. The molecule has 0 heterocycles. The zero-order chi connectivity index (χ0) is 20.1. The Hall–Kier alpha value is -1.35. The highest BCUT2D eigenvalue weighted by molar-refractivity contribution is 14.0. The third kappa shape index (κ3) is 10.8. The first-order valence-electron chi connectivity index (χ1n) is 10.1. The highest BCUT2D eigenvalue weighted by atomic mass is 127. The van der Waals surface area contributed by atoms with E-state index in [4.69, 9.17) is 0 Å². The van der Waals surface area contributed by atoms with Crippen molar-refractivity contribution in [1.82, 2.24) is 20.9 Å². The molecule has 1 amide bonds. The lowest BCUT2D eigenvalue weighted by Crippen LogP contribution is -2.45. The topological polar surface area (TPSA) is 68.8 Å². The molecule has 0 bridgehead atoms. The van der Waals surface area contributed by atoms with Crippen LogP contribution in [0.4, 0.5) is 0 Å². The Kier molecular flexibility index (Phi) is 14.8. The number of hydrogen-bond acceptors (Lipinski definition) is 3. The summed E-state index contributed by atoms with van der Waals surface area (Å²) in [4.78, 5) is 19.0. The van der Waals surface area contributed by atoms with Gasteiger partial charge in [0.25, 0.3) is 5.91 Å². The number of rotatable bonds is 11. The Morgan fingerprint density at radius 2 is 1.64 bits per heavy atom. The largest absolute Gasteiger partial charge is 0.357 e. The molecule has 0 saturated heterocycles. The van der Waals surface area contributed by atoms with Crippen LogP contribution >= 0.6 is 24.0 Å². The quantitative estimate of drug-likeness (QED) is 0.188. The van der Waals surface area contributed by atoms with Gasteiger partial charge in [-0.2, -0.15) is 0 Å². The van der Waals surface area contributed by atoms with Gasteiger partial charge in [0.15, 0.2) is 5.96 Å². The van der Waals surface area contributed by atoms with Gasteiger partial charge in [0.05, 0.1) is 0 Å². The molecule has 0 spiro atoms. The van der Waals surface area contributed by atoms with Crippen molar-refractivity contribution in [1.29, 1.82) is 0 Å². The fourth-order valence-electron chi connectivity index (χ4n) is 2.92. The maximum absolute atomic E-state index is 12.0. The Labute approximate surface area is 188 Å². The van der Waals surface area contributed by atoms with Gasteiger partial charge in [-0.25, -0.2) is 0 Å². The average Bonchev–Trinajstić information content (AvgIpc) is 2.64. The molecular formula is C21H38IN5O. The van der Waals surface area contributed by atoms with Crippen molar-refractivity contribution in [3.8, 4) is 0 Å². The molecule has 0 aliphatic heterocycles. The highest BCUT2D eigenvalue weighted by Crippen LogP contribution is 2.03. The number of nitrogens with zero attached hydrogens (tertiary/aromatic N) is 2. The second-order valence-corrected chi connectivity index (χ2v) is 7.09. The summed E-state index contributed by atoms with van der Waals surface area (Å²) in [5, 5.41) is 9.60. The molecule has 28 heavy (non-hydrogen) atoms. The van der Waals surface area contributed by atoms with Crippen molar-refractivity contribution in [2.24, 2.45) is 4.99 Å². The van der Waals surface area contributed by atoms with E-state index < -0.39 is 0 Å². The number of benzene rings is 1. The van der Waals surface area contributed by atoms with Gasteiger partial charge in [0.2, 0.25) is 0 Å². The van der Waals surface area contributed by atoms with E-state index in [9.17, 15) is 4.79 Å². The number of guanidine groups is 1. The van der Waals surface area contributed by atoms with Gasteiger partial charge in [-0.05, 0) is 53.2 Å². The summed E-state index contributed by atoms with van der Waals surface area (Å²) in [6.45, 7) is 14.9. The van der Waals surface area contributed by atoms with Crippen LogP contribution in [0, 0.1) is 0 Å². The summed E-state index contributed by atoms with van der Waals surface area (Å²) in [5.74, 6) is 0.798.